The van der Waals surface area contributed by atoms with Gasteiger partial charge in [0.25, 0.3) is 0 Å². The van der Waals surface area contributed by atoms with E-state index in [0.29, 0.717) is 6.04 Å². The van der Waals surface area contributed by atoms with E-state index in [1.54, 1.807) is 7.11 Å². The van der Waals surface area contributed by atoms with Crippen LogP contribution in [0.1, 0.15) is 33.1 Å². The van der Waals surface area contributed by atoms with Crippen molar-refractivity contribution in [2.45, 2.75) is 39.2 Å². The highest BCUT2D eigenvalue weighted by molar-refractivity contribution is 4.80. The van der Waals surface area contributed by atoms with E-state index in [9.17, 15) is 0 Å². The molecule has 0 amide bonds. The average Bonchev–Trinajstić information content (AvgIpc) is 2.54. The second kappa shape index (κ2) is 8.04. The monoisotopic (exact) mass is 228 g/mol. The third-order valence-corrected chi connectivity index (χ3v) is 3.67. The smallest absolute Gasteiger partial charge is 0.0474 e. The van der Waals surface area contributed by atoms with Crippen LogP contribution < -0.4 is 5.32 Å². The van der Waals surface area contributed by atoms with Gasteiger partial charge in [-0.15, -0.1) is 0 Å². The van der Waals surface area contributed by atoms with Crippen LogP contribution in [-0.2, 0) is 4.74 Å². The maximum absolute atomic E-state index is 5.12. The molecule has 1 rings (SSSR count). The van der Waals surface area contributed by atoms with Crippen LogP contribution in [0.25, 0.3) is 0 Å². The van der Waals surface area contributed by atoms with Gasteiger partial charge < -0.3 is 15.0 Å². The van der Waals surface area contributed by atoms with Crippen LogP contribution >= 0.6 is 0 Å². The Bertz CT molecular complexity index is 175. The molecule has 3 nitrogen and oxygen atoms in total. The summed E-state index contributed by atoms with van der Waals surface area (Å²) in [6.45, 7) is 10.3. The van der Waals surface area contributed by atoms with Gasteiger partial charge in [0.05, 0.1) is 0 Å². The number of hydrogen-bond acceptors (Lipinski definition) is 3. The molecule has 1 heterocycles. The molecule has 0 aliphatic carbocycles. The van der Waals surface area contributed by atoms with E-state index < -0.39 is 0 Å². The van der Waals surface area contributed by atoms with Gasteiger partial charge in [0, 0.05) is 32.8 Å². The van der Waals surface area contributed by atoms with Gasteiger partial charge in [-0.2, -0.15) is 0 Å². The molecule has 3 heteroatoms. The van der Waals surface area contributed by atoms with Crippen molar-refractivity contribution in [1.29, 1.82) is 0 Å². The summed E-state index contributed by atoms with van der Waals surface area (Å²) in [5.74, 6) is 0.781. The van der Waals surface area contributed by atoms with E-state index in [1.165, 1.54) is 39.0 Å². The van der Waals surface area contributed by atoms with Gasteiger partial charge in [-0.25, -0.2) is 0 Å². The van der Waals surface area contributed by atoms with E-state index in [1.807, 2.05) is 0 Å². The number of ether oxygens (including phenoxy) is 1. The molecular weight excluding hydrogens is 200 g/mol. The normalized spacial score (nSPS) is 25.3. The van der Waals surface area contributed by atoms with Crippen LogP contribution in [-0.4, -0.2) is 50.8 Å². The largest absolute Gasteiger partial charge is 0.385 e. The van der Waals surface area contributed by atoms with Crippen molar-refractivity contribution in [3.63, 3.8) is 0 Å². The molecule has 0 saturated carbocycles. The van der Waals surface area contributed by atoms with Gasteiger partial charge in [-0.3, -0.25) is 0 Å². The molecule has 0 aromatic heterocycles. The van der Waals surface area contributed by atoms with Crippen molar-refractivity contribution in [2.75, 3.05) is 39.9 Å². The Morgan fingerprint density at radius 1 is 1.50 bits per heavy atom. The molecule has 96 valence electrons. The highest BCUT2D eigenvalue weighted by Crippen LogP contribution is 2.12. The lowest BCUT2D eigenvalue weighted by atomic mass is 9.99. The molecule has 0 aromatic carbocycles. The van der Waals surface area contributed by atoms with Crippen LogP contribution in [0.2, 0.25) is 0 Å². The second-order valence-corrected chi connectivity index (χ2v) is 4.95. The molecule has 16 heavy (non-hydrogen) atoms. The Hall–Kier alpha value is -0.120. The van der Waals surface area contributed by atoms with Gasteiger partial charge in [0.2, 0.25) is 0 Å². The van der Waals surface area contributed by atoms with Gasteiger partial charge in [0.1, 0.15) is 0 Å². The highest BCUT2D eigenvalue weighted by atomic mass is 16.5. The highest BCUT2D eigenvalue weighted by Gasteiger charge is 2.21. The third kappa shape index (κ3) is 4.81. The van der Waals surface area contributed by atoms with Crippen LogP contribution in [0, 0.1) is 5.92 Å². The fourth-order valence-electron chi connectivity index (χ4n) is 2.33. The van der Waals surface area contributed by atoms with Crippen molar-refractivity contribution < 1.29 is 4.74 Å². The molecule has 0 spiro atoms. The zero-order valence-corrected chi connectivity index (χ0v) is 11.2. The summed E-state index contributed by atoms with van der Waals surface area (Å²) in [5.41, 5.74) is 0. The van der Waals surface area contributed by atoms with Crippen LogP contribution in [0.15, 0.2) is 0 Å². The molecule has 1 saturated heterocycles. The minimum Gasteiger partial charge on any atom is -0.385 e. The fraction of sp³-hybridized carbons (Fsp3) is 1.00. The summed E-state index contributed by atoms with van der Waals surface area (Å²) < 4.78 is 5.12. The first-order valence-corrected chi connectivity index (χ1v) is 6.72. The summed E-state index contributed by atoms with van der Waals surface area (Å²) in [7, 11) is 1.78. The topological polar surface area (TPSA) is 24.5 Å². The van der Waals surface area contributed by atoms with Gasteiger partial charge >= 0.3 is 0 Å². The number of hydrogen-bond donors (Lipinski definition) is 1. The van der Waals surface area contributed by atoms with Crippen molar-refractivity contribution in [1.82, 2.24) is 10.2 Å². The predicted octanol–water partition coefficient (Wildman–Crippen LogP) is 1.73. The molecule has 1 aliphatic rings. The Balaban J connectivity index is 2.33. The first-order valence-electron chi connectivity index (χ1n) is 6.72. The van der Waals surface area contributed by atoms with Gasteiger partial charge in [-0.05, 0) is 31.8 Å². The second-order valence-electron chi connectivity index (χ2n) is 4.95. The quantitative estimate of drug-likeness (QED) is 0.701. The van der Waals surface area contributed by atoms with Gasteiger partial charge in [-0.1, -0.05) is 20.3 Å². The van der Waals surface area contributed by atoms with Crippen molar-refractivity contribution in [3.05, 3.63) is 0 Å². The lowest BCUT2D eigenvalue weighted by Gasteiger charge is -2.27. The number of nitrogens with one attached hydrogen (secondary N) is 1. The molecule has 0 bridgehead atoms. The van der Waals surface area contributed by atoms with E-state index >= 15 is 0 Å². The molecule has 0 radical (unpaired) electrons. The van der Waals surface area contributed by atoms with Crippen LogP contribution in [0.4, 0.5) is 0 Å². The maximum atomic E-state index is 5.12. The van der Waals surface area contributed by atoms with Crippen molar-refractivity contribution in [3.8, 4) is 0 Å². The summed E-state index contributed by atoms with van der Waals surface area (Å²) >= 11 is 0. The number of methoxy groups -OCH3 is 1. The average molecular weight is 228 g/mol. The van der Waals surface area contributed by atoms with Crippen LogP contribution in [0.5, 0.6) is 0 Å². The van der Waals surface area contributed by atoms with E-state index in [2.05, 4.69) is 24.1 Å². The Morgan fingerprint density at radius 2 is 2.31 bits per heavy atom. The van der Waals surface area contributed by atoms with Gasteiger partial charge in [0.15, 0.2) is 0 Å². The van der Waals surface area contributed by atoms with Crippen LogP contribution in [0.3, 0.4) is 0 Å². The molecule has 1 N–H and O–H groups in total. The van der Waals surface area contributed by atoms with Crippen molar-refractivity contribution in [2.24, 2.45) is 5.92 Å². The predicted molar refractivity (Wildman–Crippen MR) is 68.8 cm³/mol. The minimum absolute atomic E-state index is 0.676. The lowest BCUT2D eigenvalue weighted by molar-refractivity contribution is 0.166. The summed E-state index contributed by atoms with van der Waals surface area (Å²) in [5, 5.41) is 3.68. The maximum Gasteiger partial charge on any atom is 0.0474 e. The Labute approximate surface area is 101 Å². The molecule has 0 aromatic rings. The number of rotatable bonds is 6. The first kappa shape index (κ1) is 13.9. The van der Waals surface area contributed by atoms with E-state index in [0.717, 1.165) is 18.9 Å². The fourth-order valence-corrected chi connectivity index (χ4v) is 2.33. The zero-order valence-electron chi connectivity index (χ0n) is 11.2. The number of nitrogens with zero attached hydrogens (tertiary/aromatic N) is 1. The molecule has 1 aliphatic heterocycles. The standard InChI is InChI=1S/C13H28N2O/c1-4-12(2)13-11-15(8-5-7-14-13)9-6-10-16-3/h12-14H,4-11H2,1-3H3. The van der Waals surface area contributed by atoms with E-state index in [-0.39, 0.29) is 0 Å². The third-order valence-electron chi connectivity index (χ3n) is 3.67. The zero-order chi connectivity index (χ0) is 11.8. The Kier molecular flexibility index (Phi) is 7.01. The summed E-state index contributed by atoms with van der Waals surface area (Å²) in [6, 6.07) is 0.676. The van der Waals surface area contributed by atoms with E-state index in [4.69, 9.17) is 4.74 Å². The lowest BCUT2D eigenvalue weighted by Crippen LogP contribution is -2.42. The first-order chi connectivity index (χ1) is 7.77. The molecule has 2 unspecified atom stereocenters. The van der Waals surface area contributed by atoms with Crippen molar-refractivity contribution >= 4 is 0 Å². The molecular formula is C13H28N2O. The summed E-state index contributed by atoms with van der Waals surface area (Å²) in [6.07, 6.45) is 3.70. The minimum atomic E-state index is 0.676. The SMILES string of the molecule is CCC(C)C1CN(CCCOC)CCCN1. The molecule has 1 fully saturated rings. The summed E-state index contributed by atoms with van der Waals surface area (Å²) in [4.78, 5) is 2.59. The Morgan fingerprint density at radius 3 is 3.00 bits per heavy atom. The molecule has 2 atom stereocenters.